The Hall–Kier alpha value is -2.00. The standard InChI is InChI=1S/C19H21ClO3/c1-12(2)15-6-4-14(5-7-15)11-18(19(21)22)23-16-8-9-17(20)13(3)10-16/h4-10,12,18H,11H2,1-3H3,(H,21,22). The van der Waals surface area contributed by atoms with Crippen LogP contribution in [0.1, 0.15) is 36.5 Å². The maximum absolute atomic E-state index is 11.5. The molecule has 2 rings (SSSR count). The van der Waals surface area contributed by atoms with Gasteiger partial charge < -0.3 is 9.84 Å². The van der Waals surface area contributed by atoms with Gasteiger partial charge in [0.15, 0.2) is 6.10 Å². The van der Waals surface area contributed by atoms with Crippen LogP contribution in [0.5, 0.6) is 5.75 Å². The number of hydrogen-bond donors (Lipinski definition) is 1. The van der Waals surface area contributed by atoms with Gasteiger partial charge in [0.05, 0.1) is 0 Å². The average molecular weight is 333 g/mol. The third-order valence-electron chi connectivity index (χ3n) is 3.75. The number of carboxylic acid groups (broad SMARTS) is 1. The molecule has 4 heteroatoms. The van der Waals surface area contributed by atoms with Crippen molar-refractivity contribution in [2.24, 2.45) is 0 Å². The third kappa shape index (κ3) is 4.73. The number of carbonyl (C=O) groups is 1. The molecule has 0 aromatic heterocycles. The molecule has 23 heavy (non-hydrogen) atoms. The number of carboxylic acids is 1. The highest BCUT2D eigenvalue weighted by molar-refractivity contribution is 6.31. The lowest BCUT2D eigenvalue weighted by Crippen LogP contribution is -2.29. The summed E-state index contributed by atoms with van der Waals surface area (Å²) in [6.07, 6.45) is -0.615. The second kappa shape index (κ2) is 7.51. The first-order valence-corrected chi connectivity index (χ1v) is 7.99. The lowest BCUT2D eigenvalue weighted by Gasteiger charge is -2.16. The van der Waals surface area contributed by atoms with E-state index in [9.17, 15) is 9.90 Å². The van der Waals surface area contributed by atoms with E-state index in [1.165, 1.54) is 5.56 Å². The van der Waals surface area contributed by atoms with E-state index in [0.29, 0.717) is 23.1 Å². The van der Waals surface area contributed by atoms with Crippen molar-refractivity contribution in [3.05, 3.63) is 64.2 Å². The van der Waals surface area contributed by atoms with Crippen molar-refractivity contribution in [1.82, 2.24) is 0 Å². The van der Waals surface area contributed by atoms with Gasteiger partial charge in [0, 0.05) is 11.4 Å². The molecule has 3 nitrogen and oxygen atoms in total. The first-order chi connectivity index (χ1) is 10.9. The molecule has 0 aliphatic heterocycles. The summed E-state index contributed by atoms with van der Waals surface area (Å²) in [5.74, 6) is -0.0174. The molecule has 1 unspecified atom stereocenters. The Labute approximate surface area is 141 Å². The summed E-state index contributed by atoms with van der Waals surface area (Å²) in [6, 6.07) is 13.1. The van der Waals surface area contributed by atoms with Crippen LogP contribution in [0.25, 0.3) is 0 Å². The number of hydrogen-bond acceptors (Lipinski definition) is 2. The van der Waals surface area contributed by atoms with E-state index < -0.39 is 12.1 Å². The lowest BCUT2D eigenvalue weighted by atomic mass is 10.00. The minimum absolute atomic E-state index is 0.315. The van der Waals surface area contributed by atoms with Gasteiger partial charge in [0.25, 0.3) is 0 Å². The molecule has 0 spiro atoms. The van der Waals surface area contributed by atoms with Crippen molar-refractivity contribution >= 4 is 17.6 Å². The predicted octanol–water partition coefficient (Wildman–Crippen LogP) is 4.85. The highest BCUT2D eigenvalue weighted by atomic mass is 35.5. The summed E-state index contributed by atoms with van der Waals surface area (Å²) < 4.78 is 5.64. The Morgan fingerprint density at radius 1 is 1.17 bits per heavy atom. The number of aryl methyl sites for hydroxylation is 1. The quantitative estimate of drug-likeness (QED) is 0.822. The maximum Gasteiger partial charge on any atom is 0.345 e. The summed E-state index contributed by atoms with van der Waals surface area (Å²) in [5.41, 5.74) is 3.02. The topological polar surface area (TPSA) is 46.5 Å². The van der Waals surface area contributed by atoms with Crippen molar-refractivity contribution in [1.29, 1.82) is 0 Å². The molecule has 0 saturated heterocycles. The lowest BCUT2D eigenvalue weighted by molar-refractivity contribution is -0.145. The molecule has 1 N–H and O–H groups in total. The van der Waals surface area contributed by atoms with E-state index in [2.05, 4.69) is 13.8 Å². The Balaban J connectivity index is 2.12. The fourth-order valence-corrected chi connectivity index (χ4v) is 2.40. The van der Waals surface area contributed by atoms with Crippen LogP contribution in [0.4, 0.5) is 0 Å². The van der Waals surface area contributed by atoms with Crippen molar-refractivity contribution in [3.8, 4) is 5.75 Å². The summed E-state index contributed by atoms with van der Waals surface area (Å²) in [4.78, 5) is 11.5. The van der Waals surface area contributed by atoms with Gasteiger partial charge in [0.2, 0.25) is 0 Å². The van der Waals surface area contributed by atoms with Crippen LogP contribution in [0.15, 0.2) is 42.5 Å². The monoisotopic (exact) mass is 332 g/mol. The minimum atomic E-state index is -0.981. The molecule has 2 aromatic rings. The highest BCUT2D eigenvalue weighted by Gasteiger charge is 2.20. The van der Waals surface area contributed by atoms with Gasteiger partial charge in [-0.3, -0.25) is 0 Å². The van der Waals surface area contributed by atoms with E-state index in [-0.39, 0.29) is 0 Å². The van der Waals surface area contributed by atoms with E-state index in [0.717, 1.165) is 11.1 Å². The minimum Gasteiger partial charge on any atom is -0.478 e. The van der Waals surface area contributed by atoms with Gasteiger partial charge in [-0.2, -0.15) is 0 Å². The van der Waals surface area contributed by atoms with Crippen LogP contribution in [-0.2, 0) is 11.2 Å². The second-order valence-corrected chi connectivity index (χ2v) is 6.36. The SMILES string of the molecule is Cc1cc(OC(Cc2ccc(C(C)C)cc2)C(=O)O)ccc1Cl. The molecular weight excluding hydrogens is 312 g/mol. The molecule has 0 radical (unpaired) electrons. The zero-order chi connectivity index (χ0) is 17.0. The molecule has 122 valence electrons. The first kappa shape index (κ1) is 17.4. The molecule has 0 fully saturated rings. The van der Waals surface area contributed by atoms with Crippen molar-refractivity contribution in [3.63, 3.8) is 0 Å². The Bertz CT molecular complexity index is 678. The number of halogens is 1. The van der Waals surface area contributed by atoms with Crippen LogP contribution in [0, 0.1) is 6.92 Å². The van der Waals surface area contributed by atoms with Crippen LogP contribution < -0.4 is 4.74 Å². The Morgan fingerprint density at radius 3 is 2.35 bits per heavy atom. The van der Waals surface area contributed by atoms with Crippen LogP contribution >= 0.6 is 11.6 Å². The van der Waals surface area contributed by atoms with Crippen molar-refractivity contribution < 1.29 is 14.6 Å². The normalized spacial score (nSPS) is 12.2. The number of ether oxygens (including phenoxy) is 1. The molecule has 0 aliphatic rings. The van der Waals surface area contributed by atoms with Crippen LogP contribution in [-0.4, -0.2) is 17.2 Å². The number of benzene rings is 2. The first-order valence-electron chi connectivity index (χ1n) is 7.61. The van der Waals surface area contributed by atoms with Crippen LogP contribution in [0.3, 0.4) is 0 Å². The summed E-state index contributed by atoms with van der Waals surface area (Å²) in [5, 5.41) is 10.0. The van der Waals surface area contributed by atoms with Crippen molar-refractivity contribution in [2.45, 2.75) is 39.2 Å². The molecule has 1 atom stereocenters. The molecule has 2 aromatic carbocycles. The van der Waals surface area contributed by atoms with Crippen LogP contribution in [0.2, 0.25) is 5.02 Å². The van der Waals surface area contributed by atoms with Crippen molar-refractivity contribution in [2.75, 3.05) is 0 Å². The average Bonchev–Trinajstić information content (AvgIpc) is 2.50. The largest absolute Gasteiger partial charge is 0.478 e. The third-order valence-corrected chi connectivity index (χ3v) is 4.17. The Morgan fingerprint density at radius 2 is 1.83 bits per heavy atom. The van der Waals surface area contributed by atoms with Gasteiger partial charge >= 0.3 is 5.97 Å². The smallest absolute Gasteiger partial charge is 0.345 e. The maximum atomic E-state index is 11.5. The second-order valence-electron chi connectivity index (χ2n) is 5.96. The van der Waals surface area contributed by atoms with Gasteiger partial charge in [0.1, 0.15) is 5.75 Å². The van der Waals surface area contributed by atoms with Gasteiger partial charge in [-0.25, -0.2) is 4.79 Å². The summed E-state index contributed by atoms with van der Waals surface area (Å²) in [6.45, 7) is 6.11. The number of aliphatic carboxylic acids is 1. The van der Waals surface area contributed by atoms with E-state index in [1.807, 2.05) is 31.2 Å². The van der Waals surface area contributed by atoms with Gasteiger partial charge in [-0.1, -0.05) is 49.7 Å². The zero-order valence-corrected chi connectivity index (χ0v) is 14.3. The van der Waals surface area contributed by atoms with E-state index in [4.69, 9.17) is 16.3 Å². The molecule has 0 aliphatic carbocycles. The fraction of sp³-hybridized carbons (Fsp3) is 0.316. The van der Waals surface area contributed by atoms with Gasteiger partial charge in [-0.15, -0.1) is 0 Å². The molecule has 0 heterocycles. The molecule has 0 bridgehead atoms. The molecule has 0 saturated carbocycles. The number of rotatable bonds is 6. The van der Waals surface area contributed by atoms with Gasteiger partial charge in [-0.05, 0) is 47.7 Å². The fourth-order valence-electron chi connectivity index (χ4n) is 2.29. The Kier molecular flexibility index (Phi) is 5.67. The predicted molar refractivity (Wildman–Crippen MR) is 92.5 cm³/mol. The van der Waals surface area contributed by atoms with E-state index >= 15 is 0 Å². The zero-order valence-electron chi connectivity index (χ0n) is 13.5. The molecule has 0 amide bonds. The molecular formula is C19H21ClO3. The summed E-state index contributed by atoms with van der Waals surface area (Å²) in [7, 11) is 0. The summed E-state index contributed by atoms with van der Waals surface area (Å²) >= 11 is 5.98. The highest BCUT2D eigenvalue weighted by Crippen LogP contribution is 2.23. The van der Waals surface area contributed by atoms with E-state index in [1.54, 1.807) is 18.2 Å².